The van der Waals surface area contributed by atoms with Crippen LogP contribution in [0.3, 0.4) is 0 Å². The number of aryl methyl sites for hydroxylation is 1. The first-order valence-electron chi connectivity index (χ1n) is 8.67. The lowest BCUT2D eigenvalue weighted by molar-refractivity contribution is 0.116. The van der Waals surface area contributed by atoms with Crippen molar-refractivity contribution in [1.29, 1.82) is 0 Å². The first-order valence-corrected chi connectivity index (χ1v) is 8.67. The molecule has 1 aliphatic heterocycles. The standard InChI is InChI=1S/C19H32N2O/c1-11(2)17-9-14(6)20-19-18(17)21(12(3)4)10-13(5)15(7)16(8)22-19/h9,11-13,15-16H,10H2,1-8H3/t13-,15-,16-/m0/s1. The molecule has 0 saturated carbocycles. The zero-order valence-corrected chi connectivity index (χ0v) is 15.5. The number of nitrogens with zero attached hydrogens (tertiary/aromatic N) is 2. The fraction of sp³-hybridized carbons (Fsp3) is 0.737. The third kappa shape index (κ3) is 3.23. The highest BCUT2D eigenvalue weighted by atomic mass is 16.5. The second-order valence-corrected chi connectivity index (χ2v) is 7.57. The number of hydrogen-bond donors (Lipinski definition) is 0. The molecule has 0 saturated heterocycles. The summed E-state index contributed by atoms with van der Waals surface area (Å²) >= 11 is 0. The second-order valence-electron chi connectivity index (χ2n) is 7.57. The monoisotopic (exact) mass is 304 g/mol. The quantitative estimate of drug-likeness (QED) is 0.786. The van der Waals surface area contributed by atoms with Crippen LogP contribution in [0.15, 0.2) is 6.07 Å². The Bertz CT molecular complexity index is 524. The van der Waals surface area contributed by atoms with E-state index in [1.165, 1.54) is 11.3 Å². The van der Waals surface area contributed by atoms with Gasteiger partial charge in [-0.05, 0) is 57.1 Å². The molecule has 2 heterocycles. The number of pyridine rings is 1. The summed E-state index contributed by atoms with van der Waals surface area (Å²) in [5, 5.41) is 0. The fourth-order valence-corrected chi connectivity index (χ4v) is 3.26. The van der Waals surface area contributed by atoms with Crippen LogP contribution in [0.25, 0.3) is 0 Å². The van der Waals surface area contributed by atoms with E-state index in [9.17, 15) is 0 Å². The van der Waals surface area contributed by atoms with Gasteiger partial charge in [0.15, 0.2) is 0 Å². The molecule has 124 valence electrons. The van der Waals surface area contributed by atoms with Crippen LogP contribution in [0.4, 0.5) is 5.69 Å². The van der Waals surface area contributed by atoms with Gasteiger partial charge in [0.2, 0.25) is 5.88 Å². The summed E-state index contributed by atoms with van der Waals surface area (Å²) in [5.74, 6) is 2.39. The Hall–Kier alpha value is -1.25. The Balaban J connectivity index is 2.64. The van der Waals surface area contributed by atoms with Crippen molar-refractivity contribution in [2.75, 3.05) is 11.4 Å². The summed E-state index contributed by atoms with van der Waals surface area (Å²) < 4.78 is 6.32. The summed E-state index contributed by atoms with van der Waals surface area (Å²) in [6, 6.07) is 2.66. The number of hydrogen-bond acceptors (Lipinski definition) is 3. The smallest absolute Gasteiger partial charge is 0.238 e. The number of rotatable bonds is 2. The maximum atomic E-state index is 6.32. The molecule has 0 radical (unpaired) electrons. The van der Waals surface area contributed by atoms with Crippen molar-refractivity contribution >= 4 is 5.69 Å². The largest absolute Gasteiger partial charge is 0.473 e. The lowest BCUT2D eigenvalue weighted by Gasteiger charge is -2.40. The summed E-state index contributed by atoms with van der Waals surface area (Å²) in [4.78, 5) is 7.23. The second kappa shape index (κ2) is 6.47. The van der Waals surface area contributed by atoms with Crippen molar-refractivity contribution in [3.05, 3.63) is 17.3 Å². The van der Waals surface area contributed by atoms with Crippen LogP contribution >= 0.6 is 0 Å². The lowest BCUT2D eigenvalue weighted by atomic mass is 9.89. The van der Waals surface area contributed by atoms with Crippen LogP contribution in [0.1, 0.15) is 65.6 Å². The molecule has 0 bridgehead atoms. The van der Waals surface area contributed by atoms with Crippen molar-refractivity contribution in [3.63, 3.8) is 0 Å². The van der Waals surface area contributed by atoms with Crippen LogP contribution < -0.4 is 9.64 Å². The van der Waals surface area contributed by atoms with Gasteiger partial charge in [-0.1, -0.05) is 27.7 Å². The van der Waals surface area contributed by atoms with Gasteiger partial charge in [0, 0.05) is 18.3 Å². The van der Waals surface area contributed by atoms with E-state index in [0.717, 1.165) is 18.1 Å². The summed E-state index contributed by atoms with van der Waals surface area (Å²) in [5.41, 5.74) is 3.60. The molecule has 0 aromatic carbocycles. The van der Waals surface area contributed by atoms with Crippen LogP contribution in [0, 0.1) is 18.8 Å². The number of aromatic nitrogens is 1. The average Bonchev–Trinajstić information content (AvgIpc) is 2.42. The molecule has 0 aliphatic carbocycles. The molecule has 2 rings (SSSR count). The molecule has 0 unspecified atom stereocenters. The molecule has 1 aliphatic rings. The topological polar surface area (TPSA) is 25.4 Å². The Morgan fingerprint density at radius 2 is 1.82 bits per heavy atom. The number of anilines is 1. The van der Waals surface area contributed by atoms with E-state index in [0.29, 0.717) is 23.8 Å². The van der Waals surface area contributed by atoms with Gasteiger partial charge < -0.3 is 9.64 Å². The molecule has 1 aromatic rings. The molecule has 22 heavy (non-hydrogen) atoms. The van der Waals surface area contributed by atoms with Gasteiger partial charge in [-0.2, -0.15) is 0 Å². The Morgan fingerprint density at radius 1 is 1.18 bits per heavy atom. The molecule has 0 N–H and O–H groups in total. The van der Waals surface area contributed by atoms with Crippen LogP contribution in [-0.2, 0) is 0 Å². The van der Waals surface area contributed by atoms with Crippen LogP contribution in [-0.4, -0.2) is 23.7 Å². The van der Waals surface area contributed by atoms with Crippen LogP contribution in [0.5, 0.6) is 5.88 Å². The van der Waals surface area contributed by atoms with Gasteiger partial charge in [0.05, 0.1) is 0 Å². The third-order valence-corrected chi connectivity index (χ3v) is 5.07. The maximum Gasteiger partial charge on any atom is 0.238 e. The Morgan fingerprint density at radius 3 is 2.36 bits per heavy atom. The molecular weight excluding hydrogens is 272 g/mol. The highest BCUT2D eigenvalue weighted by Gasteiger charge is 2.32. The molecule has 3 heteroatoms. The van der Waals surface area contributed by atoms with E-state index in [4.69, 9.17) is 9.72 Å². The fourth-order valence-electron chi connectivity index (χ4n) is 3.26. The Labute approximate surface area is 136 Å². The molecule has 0 amide bonds. The van der Waals surface area contributed by atoms with E-state index < -0.39 is 0 Å². The minimum Gasteiger partial charge on any atom is -0.473 e. The number of ether oxygens (including phenoxy) is 1. The van der Waals surface area contributed by atoms with Crippen molar-refractivity contribution < 1.29 is 4.74 Å². The van der Waals surface area contributed by atoms with Crippen molar-refractivity contribution in [2.45, 2.75) is 73.5 Å². The highest BCUT2D eigenvalue weighted by molar-refractivity contribution is 5.63. The minimum absolute atomic E-state index is 0.192. The van der Waals surface area contributed by atoms with Gasteiger partial charge >= 0.3 is 0 Å². The van der Waals surface area contributed by atoms with E-state index in [-0.39, 0.29) is 6.10 Å². The summed E-state index contributed by atoms with van der Waals surface area (Å²) in [7, 11) is 0. The van der Waals surface area contributed by atoms with Gasteiger partial charge in [-0.15, -0.1) is 0 Å². The minimum atomic E-state index is 0.192. The average molecular weight is 304 g/mol. The molecule has 3 atom stereocenters. The first-order chi connectivity index (χ1) is 10.2. The van der Waals surface area contributed by atoms with Gasteiger partial charge in [-0.3, -0.25) is 0 Å². The SMILES string of the molecule is Cc1cc(C(C)C)c2c(n1)O[C@@H](C)[C@@H](C)[C@@H](C)CN2C(C)C. The van der Waals surface area contributed by atoms with E-state index in [1.54, 1.807) is 0 Å². The van der Waals surface area contributed by atoms with Gasteiger partial charge in [-0.25, -0.2) is 4.98 Å². The maximum absolute atomic E-state index is 6.32. The predicted octanol–water partition coefficient (Wildman–Crippen LogP) is 4.78. The van der Waals surface area contributed by atoms with Crippen molar-refractivity contribution in [1.82, 2.24) is 4.98 Å². The van der Waals surface area contributed by atoms with Crippen LogP contribution in [0.2, 0.25) is 0 Å². The summed E-state index contributed by atoms with van der Waals surface area (Å²) in [6.45, 7) is 18.9. The first kappa shape index (κ1) is 17.1. The van der Waals surface area contributed by atoms with E-state index >= 15 is 0 Å². The third-order valence-electron chi connectivity index (χ3n) is 5.07. The molecule has 1 aromatic heterocycles. The highest BCUT2D eigenvalue weighted by Crippen LogP contribution is 2.40. The van der Waals surface area contributed by atoms with E-state index in [1.807, 2.05) is 0 Å². The van der Waals surface area contributed by atoms with E-state index in [2.05, 4.69) is 66.4 Å². The molecule has 0 spiro atoms. The van der Waals surface area contributed by atoms with Crippen molar-refractivity contribution in [2.24, 2.45) is 11.8 Å². The Kier molecular flexibility index (Phi) is 5.03. The number of fused-ring (bicyclic) bond motifs is 1. The normalized spacial score (nSPS) is 25.7. The zero-order valence-electron chi connectivity index (χ0n) is 15.5. The molecule has 3 nitrogen and oxygen atoms in total. The van der Waals surface area contributed by atoms with Crippen molar-refractivity contribution in [3.8, 4) is 5.88 Å². The zero-order chi connectivity index (χ0) is 16.6. The molecule has 0 fully saturated rings. The summed E-state index contributed by atoms with van der Waals surface area (Å²) in [6.07, 6.45) is 0.192. The predicted molar refractivity (Wildman–Crippen MR) is 94.0 cm³/mol. The lowest BCUT2D eigenvalue weighted by Crippen LogP contribution is -2.42. The van der Waals surface area contributed by atoms with Gasteiger partial charge in [0.25, 0.3) is 0 Å². The molecular formula is C19H32N2O. The van der Waals surface area contributed by atoms with Gasteiger partial charge in [0.1, 0.15) is 11.8 Å².